The van der Waals surface area contributed by atoms with Gasteiger partial charge in [0, 0.05) is 12.1 Å². The molecule has 1 amide bonds. The van der Waals surface area contributed by atoms with Gasteiger partial charge in [0.15, 0.2) is 0 Å². The Bertz CT molecular complexity index is 381. The summed E-state index contributed by atoms with van der Waals surface area (Å²) < 4.78 is 5.50. The first-order valence-corrected chi connectivity index (χ1v) is 6.31. The highest BCUT2D eigenvalue weighted by molar-refractivity contribution is 6.30. The first kappa shape index (κ1) is 14.8. The van der Waals surface area contributed by atoms with Gasteiger partial charge in [-0.2, -0.15) is 0 Å². The zero-order chi connectivity index (χ0) is 13.5. The SMILES string of the molecule is CC[C@H](N)C(=O)N(C)CCOc1ccc(Cl)cc1. The number of amides is 1. The van der Waals surface area contributed by atoms with Crippen LogP contribution in [0.15, 0.2) is 24.3 Å². The second kappa shape index (κ2) is 7.24. The van der Waals surface area contributed by atoms with Gasteiger partial charge in [-0.05, 0) is 30.7 Å². The molecule has 0 saturated heterocycles. The molecule has 0 radical (unpaired) electrons. The van der Waals surface area contributed by atoms with Crippen LogP contribution >= 0.6 is 11.6 Å². The molecule has 0 unspecified atom stereocenters. The summed E-state index contributed by atoms with van der Waals surface area (Å²) in [5.41, 5.74) is 5.67. The molecule has 0 saturated carbocycles. The van der Waals surface area contributed by atoms with Crippen molar-refractivity contribution in [3.05, 3.63) is 29.3 Å². The molecule has 0 aliphatic heterocycles. The smallest absolute Gasteiger partial charge is 0.239 e. The van der Waals surface area contributed by atoms with Crippen molar-refractivity contribution >= 4 is 17.5 Å². The quantitative estimate of drug-likeness (QED) is 0.859. The zero-order valence-corrected chi connectivity index (χ0v) is 11.5. The maximum absolute atomic E-state index is 11.7. The lowest BCUT2D eigenvalue weighted by Crippen LogP contribution is -2.42. The molecule has 100 valence electrons. The van der Waals surface area contributed by atoms with E-state index in [1.54, 1.807) is 36.2 Å². The maximum Gasteiger partial charge on any atom is 0.239 e. The molecule has 1 aromatic carbocycles. The van der Waals surface area contributed by atoms with E-state index in [1.165, 1.54) is 0 Å². The third-order valence-electron chi connectivity index (χ3n) is 2.64. The summed E-state index contributed by atoms with van der Waals surface area (Å²) in [6, 6.07) is 6.69. The van der Waals surface area contributed by atoms with Crippen molar-refractivity contribution in [1.82, 2.24) is 4.90 Å². The molecule has 4 nitrogen and oxygen atoms in total. The number of halogens is 1. The summed E-state index contributed by atoms with van der Waals surface area (Å²) in [6.07, 6.45) is 0.640. The van der Waals surface area contributed by atoms with E-state index in [-0.39, 0.29) is 5.91 Å². The fraction of sp³-hybridized carbons (Fsp3) is 0.462. The molecule has 2 N–H and O–H groups in total. The number of carbonyl (C=O) groups is 1. The number of ether oxygens (including phenoxy) is 1. The number of rotatable bonds is 6. The van der Waals surface area contributed by atoms with Crippen molar-refractivity contribution in [2.45, 2.75) is 19.4 Å². The first-order chi connectivity index (χ1) is 8.54. The van der Waals surface area contributed by atoms with Crippen LogP contribution in [0.2, 0.25) is 5.02 Å². The van der Waals surface area contributed by atoms with Gasteiger partial charge in [0.05, 0.1) is 12.6 Å². The molecule has 0 aromatic heterocycles. The van der Waals surface area contributed by atoms with Gasteiger partial charge in [-0.15, -0.1) is 0 Å². The van der Waals surface area contributed by atoms with Crippen molar-refractivity contribution in [2.24, 2.45) is 5.73 Å². The fourth-order valence-electron chi connectivity index (χ4n) is 1.40. The molecule has 5 heteroatoms. The van der Waals surface area contributed by atoms with E-state index < -0.39 is 6.04 Å². The number of carbonyl (C=O) groups excluding carboxylic acids is 1. The van der Waals surface area contributed by atoms with Crippen molar-refractivity contribution in [2.75, 3.05) is 20.2 Å². The minimum Gasteiger partial charge on any atom is -0.492 e. The summed E-state index contributed by atoms with van der Waals surface area (Å²) >= 11 is 5.77. The highest BCUT2D eigenvalue weighted by atomic mass is 35.5. The lowest BCUT2D eigenvalue weighted by atomic mass is 10.2. The third-order valence-corrected chi connectivity index (χ3v) is 2.89. The Hall–Kier alpha value is -1.26. The van der Waals surface area contributed by atoms with Gasteiger partial charge in [-0.3, -0.25) is 4.79 Å². The summed E-state index contributed by atoms with van der Waals surface area (Å²) in [7, 11) is 1.73. The van der Waals surface area contributed by atoms with Crippen LogP contribution in [-0.2, 0) is 4.79 Å². The second-order valence-corrected chi connectivity index (χ2v) is 4.51. The Morgan fingerprint density at radius 1 is 1.44 bits per heavy atom. The highest BCUT2D eigenvalue weighted by Gasteiger charge is 2.15. The molecule has 0 spiro atoms. The van der Waals surface area contributed by atoms with Crippen LogP contribution in [0.5, 0.6) is 5.75 Å². The van der Waals surface area contributed by atoms with Gasteiger partial charge in [-0.25, -0.2) is 0 Å². The molecule has 0 bridgehead atoms. The van der Waals surface area contributed by atoms with Crippen LogP contribution in [0.1, 0.15) is 13.3 Å². The summed E-state index contributed by atoms with van der Waals surface area (Å²) in [5, 5.41) is 0.670. The van der Waals surface area contributed by atoms with Gasteiger partial charge >= 0.3 is 0 Å². The second-order valence-electron chi connectivity index (χ2n) is 4.08. The molecule has 1 rings (SSSR count). The zero-order valence-electron chi connectivity index (χ0n) is 10.7. The largest absolute Gasteiger partial charge is 0.492 e. The highest BCUT2D eigenvalue weighted by Crippen LogP contribution is 2.15. The number of nitrogens with zero attached hydrogens (tertiary/aromatic N) is 1. The predicted molar refractivity (Wildman–Crippen MR) is 72.9 cm³/mol. The van der Waals surface area contributed by atoms with Crippen LogP contribution in [0, 0.1) is 0 Å². The van der Waals surface area contributed by atoms with Crippen molar-refractivity contribution < 1.29 is 9.53 Å². The number of hydrogen-bond donors (Lipinski definition) is 1. The van der Waals surface area contributed by atoms with Crippen molar-refractivity contribution in [1.29, 1.82) is 0 Å². The Labute approximate surface area is 113 Å². The van der Waals surface area contributed by atoms with E-state index in [1.807, 2.05) is 6.92 Å². The average Bonchev–Trinajstić information content (AvgIpc) is 2.39. The van der Waals surface area contributed by atoms with E-state index in [0.29, 0.717) is 24.6 Å². The van der Waals surface area contributed by atoms with Gasteiger partial charge in [0.25, 0.3) is 0 Å². The molecule has 0 heterocycles. The number of benzene rings is 1. The number of hydrogen-bond acceptors (Lipinski definition) is 3. The van der Waals surface area contributed by atoms with Crippen LogP contribution < -0.4 is 10.5 Å². The van der Waals surface area contributed by atoms with Crippen LogP contribution in [0.3, 0.4) is 0 Å². The van der Waals surface area contributed by atoms with Gasteiger partial charge in [0.1, 0.15) is 12.4 Å². The molecule has 0 aliphatic carbocycles. The van der Waals surface area contributed by atoms with Crippen LogP contribution in [0.25, 0.3) is 0 Å². The topological polar surface area (TPSA) is 55.6 Å². The normalized spacial score (nSPS) is 12.0. The summed E-state index contributed by atoms with van der Waals surface area (Å²) in [6.45, 7) is 2.83. The van der Waals surface area contributed by atoms with Crippen LogP contribution in [-0.4, -0.2) is 37.0 Å². The lowest BCUT2D eigenvalue weighted by molar-refractivity contribution is -0.131. The minimum absolute atomic E-state index is 0.0581. The Balaban J connectivity index is 2.33. The number of nitrogens with two attached hydrogens (primary N) is 1. The Morgan fingerprint density at radius 3 is 2.61 bits per heavy atom. The Morgan fingerprint density at radius 2 is 2.06 bits per heavy atom. The molecular formula is C13H19ClN2O2. The van der Waals surface area contributed by atoms with E-state index in [9.17, 15) is 4.79 Å². The molecule has 1 atom stereocenters. The van der Waals surface area contributed by atoms with Gasteiger partial charge in [0.2, 0.25) is 5.91 Å². The fourth-order valence-corrected chi connectivity index (χ4v) is 1.53. The molecule has 18 heavy (non-hydrogen) atoms. The van der Waals surface area contributed by atoms with E-state index in [4.69, 9.17) is 22.1 Å². The van der Waals surface area contributed by atoms with Crippen molar-refractivity contribution in [3.63, 3.8) is 0 Å². The van der Waals surface area contributed by atoms with E-state index in [2.05, 4.69) is 0 Å². The molecular weight excluding hydrogens is 252 g/mol. The molecule has 0 fully saturated rings. The summed E-state index contributed by atoms with van der Waals surface area (Å²) in [5.74, 6) is 0.678. The minimum atomic E-state index is -0.425. The van der Waals surface area contributed by atoms with Crippen molar-refractivity contribution in [3.8, 4) is 5.75 Å². The van der Waals surface area contributed by atoms with Gasteiger partial charge < -0.3 is 15.4 Å². The monoisotopic (exact) mass is 270 g/mol. The van der Waals surface area contributed by atoms with E-state index in [0.717, 1.165) is 5.75 Å². The molecule has 0 aliphatic rings. The average molecular weight is 271 g/mol. The Kier molecular flexibility index (Phi) is 5.95. The summed E-state index contributed by atoms with van der Waals surface area (Å²) in [4.78, 5) is 13.3. The molecule has 1 aromatic rings. The maximum atomic E-state index is 11.7. The standard InChI is InChI=1S/C13H19ClN2O2/c1-3-12(15)13(17)16(2)8-9-18-11-6-4-10(14)5-7-11/h4-7,12H,3,8-9,15H2,1-2H3/t12-/m0/s1. The lowest BCUT2D eigenvalue weighted by Gasteiger charge is -2.20. The van der Waals surface area contributed by atoms with Gasteiger partial charge in [-0.1, -0.05) is 18.5 Å². The third kappa shape index (κ3) is 4.55. The number of likely N-dealkylation sites (N-methyl/N-ethyl adjacent to an activating group) is 1. The first-order valence-electron chi connectivity index (χ1n) is 5.93. The predicted octanol–water partition coefficient (Wildman–Crippen LogP) is 1.91. The van der Waals surface area contributed by atoms with E-state index >= 15 is 0 Å². The van der Waals surface area contributed by atoms with Crippen LogP contribution in [0.4, 0.5) is 0 Å².